The van der Waals surface area contributed by atoms with Crippen LogP contribution >= 0.6 is 69.6 Å². The van der Waals surface area contributed by atoms with Crippen molar-refractivity contribution in [2.75, 3.05) is 5.73 Å². The lowest BCUT2D eigenvalue weighted by atomic mass is 10.1. The second-order valence-electron chi connectivity index (χ2n) is 5.18. The van der Waals surface area contributed by atoms with Crippen LogP contribution < -0.4 is 5.73 Å². The van der Waals surface area contributed by atoms with E-state index in [-0.39, 0.29) is 10.0 Å². The summed E-state index contributed by atoms with van der Waals surface area (Å²) in [5, 5.41) is 1.88. The van der Waals surface area contributed by atoms with Gasteiger partial charge in [-0.05, 0) is 36.4 Å². The Hall–Kier alpha value is -0.870. The average molecular weight is 453 g/mol. The van der Waals surface area contributed by atoms with Crippen LogP contribution in [0.2, 0.25) is 30.1 Å². The highest BCUT2D eigenvalue weighted by molar-refractivity contribution is 6.49. The second-order valence-corrected chi connectivity index (χ2v) is 7.56. The van der Waals surface area contributed by atoms with Gasteiger partial charge in [-0.1, -0.05) is 69.6 Å². The third kappa shape index (κ3) is 3.95. The number of anilines is 1. The first-order chi connectivity index (χ1) is 11.8. The van der Waals surface area contributed by atoms with Crippen molar-refractivity contribution in [3.05, 3.63) is 66.5 Å². The van der Waals surface area contributed by atoms with Crippen molar-refractivity contribution in [2.24, 2.45) is 0 Å². The zero-order valence-corrected chi connectivity index (χ0v) is 16.8. The van der Waals surface area contributed by atoms with E-state index >= 15 is 0 Å². The number of hydrogen-bond donors (Lipinski definition) is 1. The zero-order chi connectivity index (χ0) is 18.3. The number of nitrogens with two attached hydrogens (primary N) is 1. The van der Waals surface area contributed by atoms with Crippen LogP contribution in [-0.4, -0.2) is 4.98 Å². The Balaban J connectivity index is 2.17. The first-order valence-electron chi connectivity index (χ1n) is 6.83. The van der Waals surface area contributed by atoms with Crippen molar-refractivity contribution in [2.45, 2.75) is 0 Å². The van der Waals surface area contributed by atoms with Crippen LogP contribution in [0.5, 0.6) is 0 Å². The van der Waals surface area contributed by atoms with Gasteiger partial charge in [0, 0.05) is 16.8 Å². The van der Waals surface area contributed by atoms with Crippen molar-refractivity contribution < 1.29 is 0 Å². The van der Waals surface area contributed by atoms with E-state index in [2.05, 4.69) is 4.98 Å². The molecule has 0 aliphatic heterocycles. The molecule has 0 saturated carbocycles. The molecule has 0 aliphatic carbocycles. The Morgan fingerprint density at radius 2 is 0.880 bits per heavy atom. The van der Waals surface area contributed by atoms with E-state index in [0.29, 0.717) is 48.3 Å². The molecule has 0 aliphatic rings. The molecule has 3 rings (SSSR count). The quantitative estimate of drug-likeness (QED) is 0.401. The van der Waals surface area contributed by atoms with Gasteiger partial charge in [-0.3, -0.25) is 0 Å². The van der Waals surface area contributed by atoms with Gasteiger partial charge in [0.2, 0.25) is 0 Å². The molecule has 2 nitrogen and oxygen atoms in total. The summed E-state index contributed by atoms with van der Waals surface area (Å²) in [5.74, 6) is 0. The van der Waals surface area contributed by atoms with E-state index in [0.717, 1.165) is 0 Å². The fraction of sp³-hybridized carbons (Fsp3) is 0. The number of pyridine rings is 1. The van der Waals surface area contributed by atoms with Crippen LogP contribution in [0.3, 0.4) is 0 Å². The standard InChI is InChI=1S/C17H8Cl6N2/c18-10-1-7(2-11(19)16(10)22)14-5-9(24)6-15(25-14)8-3-12(20)17(23)13(21)4-8/h1-6H,(H2,24,25). The van der Waals surface area contributed by atoms with E-state index in [1.54, 1.807) is 36.4 Å². The Labute approximate surface area is 174 Å². The van der Waals surface area contributed by atoms with E-state index in [1.165, 1.54) is 0 Å². The maximum atomic E-state index is 6.10. The molecule has 2 N–H and O–H groups in total. The number of nitrogens with zero attached hydrogens (tertiary/aromatic N) is 1. The fourth-order valence-electron chi connectivity index (χ4n) is 2.25. The van der Waals surface area contributed by atoms with Crippen LogP contribution in [0.15, 0.2) is 36.4 Å². The van der Waals surface area contributed by atoms with E-state index in [4.69, 9.17) is 75.3 Å². The van der Waals surface area contributed by atoms with Gasteiger partial charge in [-0.25, -0.2) is 4.98 Å². The molecule has 0 fully saturated rings. The summed E-state index contributed by atoms with van der Waals surface area (Å²) >= 11 is 36.4. The number of hydrogen-bond acceptors (Lipinski definition) is 2. The molecule has 25 heavy (non-hydrogen) atoms. The third-order valence-corrected chi connectivity index (χ3v) is 5.80. The van der Waals surface area contributed by atoms with Gasteiger partial charge >= 0.3 is 0 Å². The number of aromatic nitrogens is 1. The highest BCUT2D eigenvalue weighted by Crippen LogP contribution is 2.38. The number of rotatable bonds is 2. The minimum absolute atomic E-state index is 0.285. The Bertz CT molecular complexity index is 865. The summed E-state index contributed by atoms with van der Waals surface area (Å²) in [6, 6.07) is 10.1. The summed E-state index contributed by atoms with van der Waals surface area (Å²) < 4.78 is 0. The molecule has 0 unspecified atom stereocenters. The summed E-state index contributed by atoms with van der Waals surface area (Å²) in [6.45, 7) is 0. The van der Waals surface area contributed by atoms with E-state index in [1.807, 2.05) is 0 Å². The number of nitrogen functional groups attached to an aromatic ring is 1. The molecule has 1 heterocycles. The SMILES string of the molecule is Nc1cc(-c2cc(Cl)c(Cl)c(Cl)c2)nc(-c2cc(Cl)c(Cl)c(Cl)c2)c1. The van der Waals surface area contributed by atoms with Crippen LogP contribution in [0.1, 0.15) is 0 Å². The van der Waals surface area contributed by atoms with Crippen LogP contribution in [0, 0.1) is 0 Å². The normalized spacial score (nSPS) is 11.0. The monoisotopic (exact) mass is 450 g/mol. The molecule has 128 valence electrons. The maximum absolute atomic E-state index is 6.10. The molecule has 0 bridgehead atoms. The predicted molar refractivity (Wildman–Crippen MR) is 110 cm³/mol. The van der Waals surface area contributed by atoms with Gasteiger partial charge in [0.1, 0.15) is 0 Å². The Kier molecular flexibility index (Phi) is 5.60. The smallest absolute Gasteiger partial charge is 0.0778 e. The van der Waals surface area contributed by atoms with Crippen molar-refractivity contribution in [3.8, 4) is 22.5 Å². The van der Waals surface area contributed by atoms with Crippen LogP contribution in [0.25, 0.3) is 22.5 Å². The van der Waals surface area contributed by atoms with Gasteiger partial charge in [0.15, 0.2) is 0 Å². The first kappa shape index (κ1) is 18.9. The minimum atomic E-state index is 0.285. The average Bonchev–Trinajstić information content (AvgIpc) is 2.56. The highest BCUT2D eigenvalue weighted by atomic mass is 35.5. The van der Waals surface area contributed by atoms with Gasteiger partial charge in [-0.2, -0.15) is 0 Å². The molecule has 1 aromatic heterocycles. The zero-order valence-electron chi connectivity index (χ0n) is 12.3. The van der Waals surface area contributed by atoms with Gasteiger partial charge in [-0.15, -0.1) is 0 Å². The summed E-state index contributed by atoms with van der Waals surface area (Å²) in [4.78, 5) is 4.60. The lowest BCUT2D eigenvalue weighted by Gasteiger charge is -2.10. The van der Waals surface area contributed by atoms with Crippen LogP contribution in [-0.2, 0) is 0 Å². The fourth-order valence-corrected chi connectivity index (χ4v) is 3.45. The largest absolute Gasteiger partial charge is 0.399 e. The number of benzene rings is 2. The lowest BCUT2D eigenvalue weighted by molar-refractivity contribution is 1.32. The molecular formula is C17H8Cl6N2. The highest BCUT2D eigenvalue weighted by Gasteiger charge is 2.13. The van der Waals surface area contributed by atoms with Crippen molar-refractivity contribution in [1.82, 2.24) is 4.98 Å². The molecule has 8 heteroatoms. The first-order valence-corrected chi connectivity index (χ1v) is 9.10. The van der Waals surface area contributed by atoms with Crippen molar-refractivity contribution in [3.63, 3.8) is 0 Å². The van der Waals surface area contributed by atoms with Crippen molar-refractivity contribution in [1.29, 1.82) is 0 Å². The Morgan fingerprint density at radius 1 is 0.560 bits per heavy atom. The second kappa shape index (κ2) is 7.40. The van der Waals surface area contributed by atoms with E-state index in [9.17, 15) is 0 Å². The minimum Gasteiger partial charge on any atom is -0.399 e. The maximum Gasteiger partial charge on any atom is 0.0778 e. The third-order valence-electron chi connectivity index (χ3n) is 3.41. The molecule has 0 radical (unpaired) electrons. The molecule has 0 spiro atoms. The summed E-state index contributed by atoms with van der Waals surface area (Å²) in [6.07, 6.45) is 0. The van der Waals surface area contributed by atoms with Crippen molar-refractivity contribution >= 4 is 75.3 Å². The lowest BCUT2D eigenvalue weighted by Crippen LogP contribution is -1.94. The predicted octanol–water partition coefficient (Wildman–Crippen LogP) is 7.92. The molecule has 0 amide bonds. The Morgan fingerprint density at radius 3 is 1.20 bits per heavy atom. The number of halogens is 6. The van der Waals surface area contributed by atoms with E-state index < -0.39 is 0 Å². The topological polar surface area (TPSA) is 38.9 Å². The molecular weight excluding hydrogens is 445 g/mol. The molecule has 0 atom stereocenters. The molecule has 2 aromatic carbocycles. The van der Waals surface area contributed by atoms with Gasteiger partial charge in [0.25, 0.3) is 0 Å². The summed E-state index contributed by atoms with van der Waals surface area (Å²) in [7, 11) is 0. The summed E-state index contributed by atoms with van der Waals surface area (Å²) in [5.41, 5.74) is 9.05. The van der Waals surface area contributed by atoms with Crippen LogP contribution in [0.4, 0.5) is 5.69 Å². The molecule has 3 aromatic rings. The molecule has 0 saturated heterocycles. The van der Waals surface area contributed by atoms with Gasteiger partial charge in [0.05, 0.1) is 41.5 Å². The van der Waals surface area contributed by atoms with Gasteiger partial charge < -0.3 is 5.73 Å².